The van der Waals surface area contributed by atoms with Crippen molar-refractivity contribution in [2.75, 3.05) is 0 Å². The number of nitrogens with zero attached hydrogens (tertiary/aromatic N) is 2. The van der Waals surface area contributed by atoms with Gasteiger partial charge in [-0.1, -0.05) is 61.5 Å². The zero-order valence-corrected chi connectivity index (χ0v) is 25.3. The second-order valence-corrected chi connectivity index (χ2v) is 12.8. The third kappa shape index (κ3) is 3.92. The normalized spacial score (nSPS) is 21.3. The minimum atomic E-state index is -0.166. The topological polar surface area (TPSA) is 69.9 Å². The summed E-state index contributed by atoms with van der Waals surface area (Å²) >= 11 is 0. The Bertz CT molecular complexity index is 2340. The lowest BCUT2D eigenvalue weighted by Crippen LogP contribution is -2.33. The lowest BCUT2D eigenvalue weighted by atomic mass is 9.80. The predicted octanol–water partition coefficient (Wildman–Crippen LogP) is 7.38. The lowest BCUT2D eigenvalue weighted by molar-refractivity contribution is 0.286. The summed E-state index contributed by atoms with van der Waals surface area (Å²) in [6.45, 7) is 2.07. The molecule has 3 aliphatic carbocycles. The highest BCUT2D eigenvalue weighted by Crippen LogP contribution is 2.47. The third-order valence-electron chi connectivity index (χ3n) is 10.3. The molecule has 1 aliphatic heterocycles. The summed E-state index contributed by atoms with van der Waals surface area (Å²) in [6.07, 6.45) is 8.72. The van der Waals surface area contributed by atoms with E-state index in [0.717, 1.165) is 80.4 Å². The minimum Gasteiger partial charge on any atom is -0.485 e. The molecule has 0 fully saturated rings. The highest BCUT2D eigenvalue weighted by Gasteiger charge is 2.36. The first-order chi connectivity index (χ1) is 22.6. The summed E-state index contributed by atoms with van der Waals surface area (Å²) < 4.78 is 12.9. The van der Waals surface area contributed by atoms with Gasteiger partial charge in [-0.3, -0.25) is 0 Å². The summed E-state index contributed by atoms with van der Waals surface area (Å²) in [5.41, 5.74) is 12.4. The lowest BCUT2D eigenvalue weighted by Gasteiger charge is -2.21. The first kappa shape index (κ1) is 26.6. The smallest absolute Gasteiger partial charge is 0.131 e. The molecule has 218 valence electrons. The minimum absolute atomic E-state index is 0.0133. The van der Waals surface area contributed by atoms with Crippen LogP contribution < -0.4 is 15.4 Å². The van der Waals surface area contributed by atoms with Gasteiger partial charge in [0.2, 0.25) is 0 Å². The molecule has 4 heteroatoms. The van der Waals surface area contributed by atoms with Crippen LogP contribution in [0.25, 0.3) is 40.5 Å². The van der Waals surface area contributed by atoms with Crippen molar-refractivity contribution in [3.8, 4) is 40.1 Å². The van der Waals surface area contributed by atoms with E-state index < -0.39 is 0 Å². The van der Waals surface area contributed by atoms with Crippen molar-refractivity contribution in [3.63, 3.8) is 0 Å². The maximum absolute atomic E-state index is 10.4. The molecule has 46 heavy (non-hydrogen) atoms. The highest BCUT2D eigenvalue weighted by molar-refractivity contribution is 5.80. The van der Waals surface area contributed by atoms with Crippen molar-refractivity contribution in [3.05, 3.63) is 140 Å². The summed E-state index contributed by atoms with van der Waals surface area (Å²) in [5, 5.41) is 21.0. The summed E-state index contributed by atoms with van der Waals surface area (Å²) in [5.74, 6) is 1.97. The standard InChI is InChI=1S/C42H28N2O2/c1-24-17-39-35(19-28(24)23-44)37-21-40-36(20-41(37)46-39)34-18-26(14-16-38(34)45-40)42-27(22-43)8-6-12-33(42)32-15-13-25-7-2-3-9-29(25)30-10-4-5-11-31(30)32/h2-4,6-10,12,14,16,18-21,24,32,36,40H,13,15,17H2,1H3. The molecule has 4 atom stereocenters. The Morgan fingerprint density at radius 3 is 2.72 bits per heavy atom. The Labute approximate surface area is 267 Å². The predicted molar refractivity (Wildman–Crippen MR) is 177 cm³/mol. The number of allylic oxidation sites excluding steroid dienone is 1. The maximum atomic E-state index is 10.4. The van der Waals surface area contributed by atoms with Gasteiger partial charge >= 0.3 is 0 Å². The summed E-state index contributed by atoms with van der Waals surface area (Å²) in [6, 6.07) is 36.7. The van der Waals surface area contributed by atoms with Gasteiger partial charge in [0.05, 0.1) is 23.6 Å². The van der Waals surface area contributed by atoms with Gasteiger partial charge < -0.3 is 9.15 Å². The van der Waals surface area contributed by atoms with E-state index in [1.807, 2.05) is 30.3 Å². The molecule has 1 aromatic heterocycles. The quantitative estimate of drug-likeness (QED) is 0.214. The number of hydrogen-bond donors (Lipinski definition) is 0. The molecule has 0 spiro atoms. The maximum Gasteiger partial charge on any atom is 0.131 e. The Hall–Kier alpha value is -5.76. The number of nitriles is 2. The number of rotatable bonds is 2. The molecule has 0 radical (unpaired) electrons. The van der Waals surface area contributed by atoms with E-state index in [-0.39, 0.29) is 23.9 Å². The van der Waals surface area contributed by atoms with Crippen LogP contribution in [0, 0.1) is 40.7 Å². The van der Waals surface area contributed by atoms with Gasteiger partial charge in [0.25, 0.3) is 0 Å². The SMILES string of the molecule is CC1Cc2oc3c(c2C=C1C#N)=CC1Oc2ccc(-c4c(C#N)cccc4C4CCc5ccccc5-c5ccc#cc54)cc2C1C=3. The van der Waals surface area contributed by atoms with E-state index >= 15 is 0 Å². The largest absolute Gasteiger partial charge is 0.485 e. The van der Waals surface area contributed by atoms with Crippen molar-refractivity contribution in [2.45, 2.75) is 44.1 Å². The van der Waals surface area contributed by atoms with Crippen molar-refractivity contribution in [1.82, 2.24) is 0 Å². The van der Waals surface area contributed by atoms with Crippen LogP contribution in [0.4, 0.5) is 0 Å². The molecule has 0 bridgehead atoms. The summed E-state index contributed by atoms with van der Waals surface area (Å²) in [4.78, 5) is 0. The molecule has 0 saturated heterocycles. The average Bonchev–Trinajstić information content (AvgIpc) is 3.56. The Kier molecular flexibility index (Phi) is 5.87. The van der Waals surface area contributed by atoms with Crippen molar-refractivity contribution < 1.29 is 9.15 Å². The molecule has 4 unspecified atom stereocenters. The number of benzene rings is 3. The number of aryl methyl sites for hydroxylation is 1. The molecule has 0 saturated carbocycles. The van der Waals surface area contributed by atoms with Crippen molar-refractivity contribution in [1.29, 1.82) is 10.5 Å². The first-order valence-electron chi connectivity index (χ1n) is 15.9. The molecule has 9 rings (SSSR count). The van der Waals surface area contributed by atoms with E-state index in [1.165, 1.54) is 16.7 Å². The fourth-order valence-corrected chi connectivity index (χ4v) is 8.02. The number of ether oxygens (including phenoxy) is 1. The molecule has 2 heterocycles. The van der Waals surface area contributed by atoms with Crippen LogP contribution in [0.1, 0.15) is 64.3 Å². The second kappa shape index (κ2) is 10.1. The van der Waals surface area contributed by atoms with Gasteiger partial charge in [0.1, 0.15) is 23.0 Å². The average molecular weight is 593 g/mol. The van der Waals surface area contributed by atoms with Crippen molar-refractivity contribution >= 4 is 18.2 Å². The fraction of sp³-hybridized carbons (Fsp3) is 0.190. The second-order valence-electron chi connectivity index (χ2n) is 12.8. The van der Waals surface area contributed by atoms with Crippen LogP contribution in [-0.2, 0) is 12.8 Å². The summed E-state index contributed by atoms with van der Waals surface area (Å²) in [7, 11) is 0. The first-order valence-corrected chi connectivity index (χ1v) is 15.9. The zero-order valence-electron chi connectivity index (χ0n) is 25.3. The van der Waals surface area contributed by atoms with Crippen LogP contribution in [-0.4, -0.2) is 6.10 Å². The number of fused-ring (bicyclic) bond motifs is 9. The van der Waals surface area contributed by atoms with Crippen LogP contribution in [0.3, 0.4) is 0 Å². The van der Waals surface area contributed by atoms with Crippen LogP contribution >= 0.6 is 0 Å². The Balaban J connectivity index is 1.16. The Morgan fingerprint density at radius 1 is 0.913 bits per heavy atom. The van der Waals surface area contributed by atoms with Crippen LogP contribution in [0.15, 0.2) is 82.8 Å². The molecule has 4 nitrogen and oxygen atoms in total. The van der Waals surface area contributed by atoms with Crippen molar-refractivity contribution in [2.24, 2.45) is 5.92 Å². The molecule has 4 aromatic carbocycles. The molecule has 0 N–H and O–H groups in total. The van der Waals surface area contributed by atoms with Crippen LogP contribution in [0.5, 0.6) is 5.75 Å². The Morgan fingerprint density at radius 2 is 1.83 bits per heavy atom. The number of hydrogen-bond acceptors (Lipinski definition) is 4. The number of furan rings is 1. The monoisotopic (exact) mass is 592 g/mol. The van der Waals surface area contributed by atoms with E-state index in [0.29, 0.717) is 5.56 Å². The van der Waals surface area contributed by atoms with Gasteiger partial charge in [-0.2, -0.15) is 10.5 Å². The van der Waals surface area contributed by atoms with E-state index in [9.17, 15) is 10.5 Å². The fourth-order valence-electron chi connectivity index (χ4n) is 8.02. The van der Waals surface area contributed by atoms with Gasteiger partial charge in [-0.05, 0) is 95.1 Å². The van der Waals surface area contributed by atoms with Gasteiger partial charge in [0.15, 0.2) is 0 Å². The zero-order chi connectivity index (χ0) is 30.9. The van der Waals surface area contributed by atoms with E-state index in [2.05, 4.69) is 91.9 Å². The van der Waals surface area contributed by atoms with E-state index in [4.69, 9.17) is 9.15 Å². The molecular weight excluding hydrogens is 564 g/mol. The molecular formula is C42H28N2O2. The molecule has 0 amide bonds. The molecule has 4 aliphatic rings. The van der Waals surface area contributed by atoms with Gasteiger partial charge in [-0.15, -0.1) is 0 Å². The van der Waals surface area contributed by atoms with Gasteiger partial charge in [0, 0.05) is 45.4 Å². The van der Waals surface area contributed by atoms with Gasteiger partial charge in [-0.25, -0.2) is 0 Å². The van der Waals surface area contributed by atoms with Crippen LogP contribution in [0.2, 0.25) is 0 Å². The van der Waals surface area contributed by atoms with E-state index in [1.54, 1.807) is 0 Å². The molecule has 5 aromatic rings. The third-order valence-corrected chi connectivity index (χ3v) is 10.3. The highest BCUT2D eigenvalue weighted by atomic mass is 16.5.